The Hall–Kier alpha value is -6.31. The minimum Gasteiger partial charge on any atom is -0.507 e. The first-order chi connectivity index (χ1) is 23.3. The number of allylic oxidation sites excluding steroid dienone is 3. The van der Waals surface area contributed by atoms with Gasteiger partial charge in [-0.05, 0) is 34.0 Å². The molecule has 7 heteroatoms. The van der Waals surface area contributed by atoms with E-state index in [2.05, 4.69) is 21.6 Å². The summed E-state index contributed by atoms with van der Waals surface area (Å²) in [6.07, 6.45) is 1.69. The van der Waals surface area contributed by atoms with Crippen molar-refractivity contribution in [2.45, 2.75) is 12.8 Å². The second-order valence-electron chi connectivity index (χ2n) is 13.0. The smallest absolute Gasteiger partial charge is 0.270 e. The Morgan fingerprint density at radius 3 is 2.15 bits per heavy atom. The van der Waals surface area contributed by atoms with Crippen LogP contribution in [-0.2, 0) is 12.8 Å². The third kappa shape index (κ3) is 3.43. The molecule has 6 aromatic rings. The number of aliphatic hydroxyl groups is 1. The summed E-state index contributed by atoms with van der Waals surface area (Å²) in [6, 6.07) is 25.1. The predicted molar refractivity (Wildman–Crippen MR) is 190 cm³/mol. The molecule has 0 bridgehead atoms. The Kier molecular flexibility index (Phi) is 5.73. The number of rotatable bonds is 2. The van der Waals surface area contributed by atoms with E-state index in [1.807, 2.05) is 67.5 Å². The third-order valence-electron chi connectivity index (χ3n) is 10.4. The van der Waals surface area contributed by atoms with E-state index in [-0.39, 0.29) is 23.0 Å². The van der Waals surface area contributed by atoms with Crippen LogP contribution in [0.2, 0.25) is 0 Å². The van der Waals surface area contributed by atoms with Gasteiger partial charge in [-0.3, -0.25) is 0 Å². The summed E-state index contributed by atoms with van der Waals surface area (Å²) in [6.45, 7) is 9.89. The van der Waals surface area contributed by atoms with Crippen LogP contribution in [0, 0.1) is 17.9 Å². The number of hydrogen-bond acceptors (Lipinski definition) is 5. The monoisotopic (exact) mass is 625 g/mol. The van der Waals surface area contributed by atoms with Gasteiger partial charge in [-0.1, -0.05) is 60.7 Å². The molecule has 230 valence electrons. The molecular weight excluding hydrogens is 596 g/mol. The third-order valence-corrected chi connectivity index (χ3v) is 10.4. The van der Waals surface area contributed by atoms with Crippen molar-refractivity contribution in [3.8, 4) is 17.6 Å². The lowest BCUT2D eigenvalue weighted by Gasteiger charge is -2.32. The highest BCUT2D eigenvalue weighted by Crippen LogP contribution is 2.54. The first-order valence-electron chi connectivity index (χ1n) is 16.0. The van der Waals surface area contributed by atoms with E-state index >= 15 is 0 Å². The molecule has 0 spiro atoms. The number of phenolic OH excluding ortho intramolecular Hbond substituents is 2. The van der Waals surface area contributed by atoms with Gasteiger partial charge in [0, 0.05) is 76.0 Å². The van der Waals surface area contributed by atoms with Crippen molar-refractivity contribution < 1.29 is 15.3 Å². The van der Waals surface area contributed by atoms with Crippen molar-refractivity contribution in [2.24, 2.45) is 0 Å². The Bertz CT molecular complexity index is 2790. The van der Waals surface area contributed by atoms with Gasteiger partial charge in [-0.2, -0.15) is 0 Å². The number of aliphatic hydroxyl groups excluding tert-OH is 1. The molecule has 3 N–H and O–H groups in total. The number of aromatic hydroxyl groups is 2. The van der Waals surface area contributed by atoms with Gasteiger partial charge < -0.3 is 20.2 Å². The summed E-state index contributed by atoms with van der Waals surface area (Å²) in [4.78, 5) is 5.70. The maximum atomic E-state index is 12.4. The van der Waals surface area contributed by atoms with Gasteiger partial charge in [0.1, 0.15) is 30.3 Å². The zero-order valence-corrected chi connectivity index (χ0v) is 26.4. The lowest BCUT2D eigenvalue weighted by molar-refractivity contribution is 0.434. The van der Waals surface area contributed by atoms with E-state index in [0.717, 1.165) is 74.9 Å². The fraction of sp³-hybridized carbons (Fsp3) is 0.146. The molecule has 9 rings (SSSR count). The second kappa shape index (κ2) is 9.84. The van der Waals surface area contributed by atoms with Crippen molar-refractivity contribution in [2.75, 3.05) is 32.1 Å². The molecular formula is C41H29N4O3+. The zero-order valence-electron chi connectivity index (χ0n) is 26.4. The molecule has 3 aliphatic rings. The Balaban J connectivity index is 1.57. The maximum absolute atomic E-state index is 12.4. The van der Waals surface area contributed by atoms with Crippen LogP contribution in [0.3, 0.4) is 0 Å². The molecule has 0 fully saturated rings. The molecule has 1 aliphatic carbocycles. The number of fused-ring (bicyclic) bond motifs is 2. The average molecular weight is 626 g/mol. The van der Waals surface area contributed by atoms with Crippen LogP contribution in [0.15, 0.2) is 89.8 Å². The second-order valence-corrected chi connectivity index (χ2v) is 13.0. The van der Waals surface area contributed by atoms with Gasteiger partial charge in [-0.25, -0.2) is 14.7 Å². The molecule has 0 atom stereocenters. The van der Waals surface area contributed by atoms with Crippen LogP contribution in [0.25, 0.3) is 59.1 Å². The first-order valence-corrected chi connectivity index (χ1v) is 16.0. The SMILES string of the molecule is [C-]#[N+]/C(C#N)=C1C(c2c3ccccc3c(N(C)C)c3cccc(O)c23)=C(O)C/1=c1\c2cccc3c2c2c4c(ccc(O)c14)CC[N+]=2CC3. The molecule has 2 aliphatic heterocycles. The van der Waals surface area contributed by atoms with Crippen LogP contribution < -0.4 is 20.1 Å². The predicted octanol–water partition coefficient (Wildman–Crippen LogP) is 6.21. The minimum atomic E-state index is -0.167. The van der Waals surface area contributed by atoms with Crippen molar-refractivity contribution in [1.82, 2.24) is 4.58 Å². The highest BCUT2D eigenvalue weighted by Gasteiger charge is 2.39. The van der Waals surface area contributed by atoms with E-state index in [4.69, 9.17) is 6.57 Å². The van der Waals surface area contributed by atoms with Gasteiger partial charge in [0.15, 0.2) is 0 Å². The summed E-state index contributed by atoms with van der Waals surface area (Å²) in [5, 5.41) is 54.1. The number of anilines is 1. The summed E-state index contributed by atoms with van der Waals surface area (Å²) in [5.74, 6) is 0.0330. The standard InChI is InChI=1S/C41H28N4O3/c1-43-27(20-42)35-37(33-23-9-4-5-10-24(23)39(44(2)3)26-12-7-13-28(46)32(26)33)41(48)38(35)34-25-11-6-8-21-16-18-45-19-17-22-14-15-29(47)36(34)31(22)40(45)30(21)25/h4-15H,16-19H2,2-3H3,(H2-,46,47,48)/p+1/b35-27-. The highest BCUT2D eigenvalue weighted by atomic mass is 16.3. The average Bonchev–Trinajstić information content (AvgIpc) is 3.10. The molecule has 6 aromatic carbocycles. The van der Waals surface area contributed by atoms with E-state index in [9.17, 15) is 20.6 Å². The quantitative estimate of drug-likeness (QED) is 0.0921. The van der Waals surface area contributed by atoms with Crippen LogP contribution in [-0.4, -0.2) is 42.5 Å². The number of hydrogen-bond donors (Lipinski definition) is 3. The number of benzene rings is 6. The summed E-state index contributed by atoms with van der Waals surface area (Å²) >= 11 is 0. The molecule has 0 unspecified atom stereocenters. The highest BCUT2D eigenvalue weighted by molar-refractivity contribution is 6.27. The minimum absolute atomic E-state index is 0.0299. The molecule has 2 heterocycles. The van der Waals surface area contributed by atoms with Crippen molar-refractivity contribution in [3.63, 3.8) is 0 Å². The van der Waals surface area contributed by atoms with Crippen molar-refractivity contribution in [1.29, 1.82) is 5.26 Å². The van der Waals surface area contributed by atoms with Crippen LogP contribution in [0.5, 0.6) is 11.5 Å². The maximum Gasteiger partial charge on any atom is 0.270 e. The Labute approximate surface area is 275 Å². The Morgan fingerprint density at radius 1 is 0.750 bits per heavy atom. The molecule has 0 amide bonds. The summed E-state index contributed by atoms with van der Waals surface area (Å²) < 4.78 is 2.39. The molecule has 0 saturated carbocycles. The first kappa shape index (κ1) is 28.0. The van der Waals surface area contributed by atoms with Gasteiger partial charge >= 0.3 is 0 Å². The van der Waals surface area contributed by atoms with Gasteiger partial charge in [0.25, 0.3) is 5.70 Å². The van der Waals surface area contributed by atoms with Crippen LogP contribution in [0.1, 0.15) is 16.7 Å². The van der Waals surface area contributed by atoms with Crippen molar-refractivity contribution in [3.05, 3.63) is 129 Å². The van der Waals surface area contributed by atoms with E-state index in [1.165, 1.54) is 5.56 Å². The van der Waals surface area contributed by atoms with E-state index < -0.39 is 0 Å². The van der Waals surface area contributed by atoms with Gasteiger partial charge in [-0.15, -0.1) is 0 Å². The largest absolute Gasteiger partial charge is 0.507 e. The normalized spacial score (nSPS) is 17.2. The lowest BCUT2D eigenvalue weighted by Crippen LogP contribution is -2.42. The molecule has 48 heavy (non-hydrogen) atoms. The number of phenols is 2. The van der Waals surface area contributed by atoms with Gasteiger partial charge in [0.2, 0.25) is 5.36 Å². The van der Waals surface area contributed by atoms with E-state index in [0.29, 0.717) is 38.3 Å². The lowest BCUT2D eigenvalue weighted by atomic mass is 9.73. The molecule has 0 radical (unpaired) electrons. The zero-order chi connectivity index (χ0) is 33.0. The fourth-order valence-corrected chi connectivity index (χ4v) is 8.56. The summed E-state index contributed by atoms with van der Waals surface area (Å²) in [7, 11) is 3.91. The topological polar surface area (TPSA) is 95.1 Å². The molecule has 0 aromatic heterocycles. The van der Waals surface area contributed by atoms with E-state index in [1.54, 1.807) is 18.2 Å². The Morgan fingerprint density at radius 2 is 1.42 bits per heavy atom. The van der Waals surface area contributed by atoms with Crippen LogP contribution >= 0.6 is 0 Å². The van der Waals surface area contributed by atoms with Gasteiger partial charge in [0.05, 0.1) is 29.1 Å². The molecule has 0 saturated heterocycles. The molecule has 7 nitrogen and oxygen atoms in total. The summed E-state index contributed by atoms with van der Waals surface area (Å²) in [5.41, 5.74) is 4.62. The number of nitriles is 1. The fourth-order valence-electron chi connectivity index (χ4n) is 8.56. The number of nitrogens with zero attached hydrogens (tertiary/aromatic N) is 4. The van der Waals surface area contributed by atoms with Crippen molar-refractivity contribution >= 4 is 59.9 Å². The van der Waals surface area contributed by atoms with Crippen LogP contribution in [0.4, 0.5) is 5.69 Å².